The smallest absolute Gasteiger partial charge is 0.250 e. The van der Waals surface area contributed by atoms with Crippen LogP contribution in [0.4, 0.5) is 0 Å². The molecule has 1 heterocycles. The SMILES string of the molecule is CCCCCC(C)NS(=O)(=O)c1ccc(CCN)s1. The van der Waals surface area contributed by atoms with Crippen molar-refractivity contribution in [2.75, 3.05) is 6.54 Å². The Bertz CT molecular complexity index is 469. The zero-order valence-corrected chi connectivity index (χ0v) is 13.3. The van der Waals surface area contributed by atoms with Crippen molar-refractivity contribution >= 4 is 21.4 Å². The van der Waals surface area contributed by atoms with E-state index in [0.717, 1.165) is 37.0 Å². The highest BCUT2D eigenvalue weighted by molar-refractivity contribution is 7.91. The van der Waals surface area contributed by atoms with E-state index < -0.39 is 10.0 Å². The van der Waals surface area contributed by atoms with Crippen molar-refractivity contribution in [3.8, 4) is 0 Å². The van der Waals surface area contributed by atoms with E-state index in [9.17, 15) is 8.42 Å². The van der Waals surface area contributed by atoms with Crippen molar-refractivity contribution in [1.29, 1.82) is 0 Å². The lowest BCUT2D eigenvalue weighted by molar-refractivity contribution is 0.528. The van der Waals surface area contributed by atoms with E-state index in [0.29, 0.717) is 10.8 Å². The molecule has 0 saturated carbocycles. The topological polar surface area (TPSA) is 72.2 Å². The molecule has 1 unspecified atom stereocenters. The van der Waals surface area contributed by atoms with Gasteiger partial charge in [0.05, 0.1) is 0 Å². The summed E-state index contributed by atoms with van der Waals surface area (Å²) in [5, 5.41) is 0. The van der Waals surface area contributed by atoms with Crippen LogP contribution in [0.2, 0.25) is 0 Å². The molecular weight excluding hydrogens is 280 g/mol. The van der Waals surface area contributed by atoms with Crippen molar-refractivity contribution in [2.45, 2.75) is 56.2 Å². The van der Waals surface area contributed by atoms with Gasteiger partial charge in [0.1, 0.15) is 4.21 Å². The van der Waals surface area contributed by atoms with E-state index >= 15 is 0 Å². The summed E-state index contributed by atoms with van der Waals surface area (Å²) >= 11 is 1.30. The summed E-state index contributed by atoms with van der Waals surface area (Å²) in [4.78, 5) is 1.02. The molecule has 0 aliphatic heterocycles. The van der Waals surface area contributed by atoms with Crippen molar-refractivity contribution in [1.82, 2.24) is 4.72 Å². The second kappa shape index (κ2) is 7.99. The summed E-state index contributed by atoms with van der Waals surface area (Å²) in [7, 11) is -3.37. The second-order valence-corrected chi connectivity index (χ2v) is 7.89. The van der Waals surface area contributed by atoms with Crippen LogP contribution >= 0.6 is 11.3 Å². The van der Waals surface area contributed by atoms with Crippen LogP contribution in [-0.2, 0) is 16.4 Å². The van der Waals surface area contributed by atoms with Gasteiger partial charge in [-0.25, -0.2) is 13.1 Å². The maximum Gasteiger partial charge on any atom is 0.250 e. The first kappa shape index (κ1) is 16.6. The predicted molar refractivity (Wildman–Crippen MR) is 81.0 cm³/mol. The zero-order chi connectivity index (χ0) is 14.3. The molecule has 19 heavy (non-hydrogen) atoms. The Balaban J connectivity index is 2.58. The van der Waals surface area contributed by atoms with Gasteiger partial charge in [0.15, 0.2) is 0 Å². The molecule has 1 atom stereocenters. The maximum atomic E-state index is 12.2. The van der Waals surface area contributed by atoms with Crippen LogP contribution in [0.3, 0.4) is 0 Å². The largest absolute Gasteiger partial charge is 0.330 e. The third kappa shape index (κ3) is 5.60. The van der Waals surface area contributed by atoms with E-state index in [-0.39, 0.29) is 6.04 Å². The van der Waals surface area contributed by atoms with Crippen molar-refractivity contribution in [3.63, 3.8) is 0 Å². The third-order valence-corrected chi connectivity index (χ3v) is 6.12. The van der Waals surface area contributed by atoms with Gasteiger partial charge in [0.25, 0.3) is 0 Å². The van der Waals surface area contributed by atoms with E-state index in [1.54, 1.807) is 6.07 Å². The monoisotopic (exact) mass is 304 g/mol. The summed E-state index contributed by atoms with van der Waals surface area (Å²) in [5.74, 6) is 0. The standard InChI is InChI=1S/C13H24N2O2S2/c1-3-4-5-6-11(2)15-19(16,17)13-8-7-12(18-13)9-10-14/h7-8,11,15H,3-6,9-10,14H2,1-2H3. The predicted octanol–water partition coefficient (Wildman–Crippen LogP) is 2.50. The summed E-state index contributed by atoms with van der Waals surface area (Å²) in [6.07, 6.45) is 4.96. The molecule has 0 saturated heterocycles. The fraction of sp³-hybridized carbons (Fsp3) is 0.692. The molecule has 1 aromatic heterocycles. The van der Waals surface area contributed by atoms with Gasteiger partial charge in [0.2, 0.25) is 10.0 Å². The van der Waals surface area contributed by atoms with Crippen LogP contribution in [0.15, 0.2) is 16.3 Å². The average molecular weight is 304 g/mol. The Morgan fingerprint density at radius 1 is 1.37 bits per heavy atom. The highest BCUT2D eigenvalue weighted by atomic mass is 32.2. The molecule has 6 heteroatoms. The summed E-state index contributed by atoms with van der Waals surface area (Å²) in [6.45, 7) is 4.60. The zero-order valence-electron chi connectivity index (χ0n) is 11.7. The van der Waals surface area contributed by atoms with E-state index in [1.165, 1.54) is 11.3 Å². The van der Waals surface area contributed by atoms with Crippen molar-refractivity contribution < 1.29 is 8.42 Å². The highest BCUT2D eigenvalue weighted by Crippen LogP contribution is 2.22. The Kier molecular flexibility index (Phi) is 6.99. The van der Waals surface area contributed by atoms with Gasteiger partial charge in [-0.15, -0.1) is 11.3 Å². The lowest BCUT2D eigenvalue weighted by Crippen LogP contribution is -2.32. The summed E-state index contributed by atoms with van der Waals surface area (Å²) in [6, 6.07) is 3.49. The number of thiophene rings is 1. The number of rotatable bonds is 9. The number of hydrogen-bond donors (Lipinski definition) is 2. The quantitative estimate of drug-likeness (QED) is 0.689. The molecule has 0 spiro atoms. The highest BCUT2D eigenvalue weighted by Gasteiger charge is 2.19. The van der Waals surface area contributed by atoms with E-state index in [1.807, 2.05) is 13.0 Å². The fourth-order valence-electron chi connectivity index (χ4n) is 1.86. The lowest BCUT2D eigenvalue weighted by Gasteiger charge is -2.12. The number of hydrogen-bond acceptors (Lipinski definition) is 4. The minimum Gasteiger partial charge on any atom is -0.330 e. The maximum absolute atomic E-state index is 12.2. The van der Waals surface area contributed by atoms with Crippen LogP contribution in [0.5, 0.6) is 0 Å². The molecule has 3 N–H and O–H groups in total. The van der Waals surface area contributed by atoms with Crippen LogP contribution in [0.1, 0.15) is 44.4 Å². The van der Waals surface area contributed by atoms with Crippen LogP contribution in [-0.4, -0.2) is 21.0 Å². The molecule has 0 fully saturated rings. The van der Waals surface area contributed by atoms with Crippen molar-refractivity contribution in [2.24, 2.45) is 5.73 Å². The van der Waals surface area contributed by atoms with E-state index in [4.69, 9.17) is 5.73 Å². The average Bonchev–Trinajstić information content (AvgIpc) is 2.78. The molecule has 0 radical (unpaired) electrons. The van der Waals surface area contributed by atoms with Gasteiger partial charge in [-0.1, -0.05) is 26.2 Å². The van der Waals surface area contributed by atoms with E-state index in [2.05, 4.69) is 11.6 Å². The Hall–Kier alpha value is -0.430. The first-order valence-corrected chi connectivity index (χ1v) is 9.10. The molecule has 0 aliphatic carbocycles. The summed E-state index contributed by atoms with van der Waals surface area (Å²) < 4.78 is 27.4. The van der Waals surface area contributed by atoms with Crippen LogP contribution in [0.25, 0.3) is 0 Å². The minimum absolute atomic E-state index is 0.0170. The number of nitrogens with one attached hydrogen (secondary N) is 1. The molecule has 4 nitrogen and oxygen atoms in total. The van der Waals surface area contributed by atoms with Gasteiger partial charge in [-0.2, -0.15) is 0 Å². The van der Waals surface area contributed by atoms with Gasteiger partial charge in [-0.3, -0.25) is 0 Å². The first-order valence-electron chi connectivity index (χ1n) is 6.80. The van der Waals surface area contributed by atoms with Gasteiger partial charge in [-0.05, 0) is 38.4 Å². The molecule has 0 amide bonds. The van der Waals surface area contributed by atoms with Gasteiger partial charge in [0, 0.05) is 10.9 Å². The molecule has 0 bridgehead atoms. The number of unbranched alkanes of at least 4 members (excludes halogenated alkanes) is 2. The molecule has 1 aromatic rings. The minimum atomic E-state index is -3.37. The fourth-order valence-corrected chi connectivity index (χ4v) is 4.53. The molecule has 110 valence electrons. The first-order chi connectivity index (χ1) is 8.99. The summed E-state index contributed by atoms with van der Waals surface area (Å²) in [5.41, 5.74) is 5.47. The Labute approximate surface area is 120 Å². The Morgan fingerprint density at radius 2 is 2.11 bits per heavy atom. The van der Waals surface area contributed by atoms with Gasteiger partial charge < -0.3 is 5.73 Å². The number of nitrogens with two attached hydrogens (primary N) is 1. The van der Waals surface area contributed by atoms with Crippen molar-refractivity contribution in [3.05, 3.63) is 17.0 Å². The second-order valence-electron chi connectivity index (χ2n) is 4.78. The van der Waals surface area contributed by atoms with Gasteiger partial charge >= 0.3 is 0 Å². The molecule has 1 rings (SSSR count). The number of sulfonamides is 1. The normalized spacial score (nSPS) is 13.6. The molecule has 0 aromatic carbocycles. The van der Waals surface area contributed by atoms with Crippen LogP contribution in [0, 0.1) is 0 Å². The third-order valence-electron chi connectivity index (χ3n) is 2.89. The Morgan fingerprint density at radius 3 is 2.74 bits per heavy atom. The molecular formula is C13H24N2O2S2. The molecule has 0 aliphatic rings. The van der Waals surface area contributed by atoms with Crippen LogP contribution < -0.4 is 10.5 Å². The lowest BCUT2D eigenvalue weighted by atomic mass is 10.1.